The molecule has 2 fully saturated rings. The molecule has 242 valence electrons. The van der Waals surface area contributed by atoms with Gasteiger partial charge in [-0.1, -0.05) is 42.5 Å². The molecule has 0 spiro atoms. The van der Waals surface area contributed by atoms with Gasteiger partial charge in [-0.25, -0.2) is 0 Å². The van der Waals surface area contributed by atoms with Crippen LogP contribution < -0.4 is 5.32 Å². The zero-order chi connectivity index (χ0) is 32.2. The number of aliphatic hydroxyl groups is 4. The monoisotopic (exact) mass is 610 g/mol. The second kappa shape index (κ2) is 14.2. The second-order valence-corrected chi connectivity index (χ2v) is 13.7. The minimum absolute atomic E-state index is 0.0150. The van der Waals surface area contributed by atoms with Crippen LogP contribution in [0.2, 0.25) is 0 Å². The van der Waals surface area contributed by atoms with Crippen LogP contribution in [0.1, 0.15) is 79.9 Å². The highest BCUT2D eigenvalue weighted by molar-refractivity contribution is 5.91. The Hall–Kier alpha value is -2.66. The van der Waals surface area contributed by atoms with Crippen molar-refractivity contribution < 1.29 is 34.8 Å². The summed E-state index contributed by atoms with van der Waals surface area (Å²) in [5, 5.41) is 45.0. The van der Waals surface area contributed by atoms with Crippen LogP contribution in [-0.2, 0) is 27.2 Å². The number of rotatable bonds is 14. The summed E-state index contributed by atoms with van der Waals surface area (Å²) in [6.07, 6.45) is -1.61. The number of carbonyl (C=O) groups excluding carboxylic acids is 2. The average molecular weight is 611 g/mol. The predicted molar refractivity (Wildman–Crippen MR) is 168 cm³/mol. The molecule has 1 heterocycles. The summed E-state index contributed by atoms with van der Waals surface area (Å²) >= 11 is 0. The first-order valence-corrected chi connectivity index (χ1v) is 15.7. The SMILES string of the molecule is Cc1ccc([C@@H]2O[C@H](C(C)(C)O)[C@@H](O)[C@H](O)[C@H]2O)cc1Cc1ccc(CCCC(=O)CC2(C(=O)NCCN(C)C)CC2)cc1. The number of nitrogens with zero attached hydrogens (tertiary/aromatic N) is 1. The normalized spacial score (nSPS) is 24.7. The second-order valence-electron chi connectivity index (χ2n) is 13.7. The topological polar surface area (TPSA) is 140 Å². The highest BCUT2D eigenvalue weighted by Gasteiger charge is 2.51. The molecule has 4 rings (SSSR count). The maximum absolute atomic E-state index is 12.7. The zero-order valence-corrected chi connectivity index (χ0v) is 26.8. The molecular formula is C35H50N2O7. The Labute approximate surface area is 261 Å². The molecule has 5 atom stereocenters. The van der Waals surface area contributed by atoms with Crippen LogP contribution in [0, 0.1) is 12.3 Å². The number of nitrogens with one attached hydrogen (secondary N) is 1. The molecule has 5 N–H and O–H groups in total. The van der Waals surface area contributed by atoms with Gasteiger partial charge < -0.3 is 35.4 Å². The summed E-state index contributed by atoms with van der Waals surface area (Å²) in [4.78, 5) is 27.3. The van der Waals surface area contributed by atoms with E-state index in [2.05, 4.69) is 29.6 Å². The van der Waals surface area contributed by atoms with E-state index >= 15 is 0 Å². The lowest BCUT2D eigenvalue weighted by atomic mass is 9.84. The molecule has 2 aromatic rings. The lowest BCUT2D eigenvalue weighted by Crippen LogP contribution is -2.60. The number of ketones is 1. The van der Waals surface area contributed by atoms with Gasteiger partial charge in [0.1, 0.15) is 36.3 Å². The van der Waals surface area contributed by atoms with Crippen molar-refractivity contribution in [1.82, 2.24) is 10.2 Å². The molecule has 0 bridgehead atoms. The Morgan fingerprint density at radius 1 is 1.00 bits per heavy atom. The van der Waals surface area contributed by atoms with E-state index in [0.717, 1.165) is 54.5 Å². The fourth-order valence-corrected chi connectivity index (χ4v) is 6.01. The van der Waals surface area contributed by atoms with Crippen molar-refractivity contribution in [3.05, 3.63) is 70.3 Å². The van der Waals surface area contributed by atoms with E-state index in [-0.39, 0.29) is 11.7 Å². The van der Waals surface area contributed by atoms with Crippen molar-refractivity contribution in [2.75, 3.05) is 27.2 Å². The van der Waals surface area contributed by atoms with Gasteiger partial charge >= 0.3 is 0 Å². The first kappa shape index (κ1) is 34.2. The molecule has 0 aromatic heterocycles. The molecular weight excluding hydrogens is 560 g/mol. The molecule has 1 saturated carbocycles. The minimum atomic E-state index is -1.45. The highest BCUT2D eigenvalue weighted by Crippen LogP contribution is 2.49. The molecule has 44 heavy (non-hydrogen) atoms. The van der Waals surface area contributed by atoms with Crippen molar-refractivity contribution in [2.24, 2.45) is 5.41 Å². The van der Waals surface area contributed by atoms with E-state index in [1.807, 2.05) is 44.1 Å². The van der Waals surface area contributed by atoms with Crippen molar-refractivity contribution in [3.8, 4) is 0 Å². The third kappa shape index (κ3) is 8.53. The molecule has 1 amide bonds. The largest absolute Gasteiger partial charge is 0.388 e. The fourth-order valence-electron chi connectivity index (χ4n) is 6.01. The first-order chi connectivity index (χ1) is 20.7. The lowest BCUT2D eigenvalue weighted by Gasteiger charge is -2.45. The number of amides is 1. The van der Waals surface area contributed by atoms with Crippen molar-refractivity contribution in [2.45, 2.75) is 102 Å². The zero-order valence-electron chi connectivity index (χ0n) is 26.8. The van der Waals surface area contributed by atoms with Gasteiger partial charge in [0.05, 0.1) is 11.0 Å². The fraction of sp³-hybridized carbons (Fsp3) is 0.600. The molecule has 2 aliphatic rings. The summed E-state index contributed by atoms with van der Waals surface area (Å²) in [5.41, 5.74) is 3.13. The van der Waals surface area contributed by atoms with Crippen molar-refractivity contribution >= 4 is 11.7 Å². The van der Waals surface area contributed by atoms with Crippen LogP contribution in [0.15, 0.2) is 42.5 Å². The maximum Gasteiger partial charge on any atom is 0.226 e. The predicted octanol–water partition coefficient (Wildman–Crippen LogP) is 2.62. The van der Waals surface area contributed by atoms with Crippen LogP contribution in [0.5, 0.6) is 0 Å². The third-order valence-electron chi connectivity index (χ3n) is 9.07. The summed E-state index contributed by atoms with van der Waals surface area (Å²) < 4.78 is 5.96. The lowest BCUT2D eigenvalue weighted by molar-refractivity contribution is -0.261. The van der Waals surface area contributed by atoms with E-state index in [9.17, 15) is 30.0 Å². The summed E-state index contributed by atoms with van der Waals surface area (Å²) in [6, 6.07) is 14.1. The van der Waals surface area contributed by atoms with Gasteiger partial charge in [-0.05, 0) is 94.8 Å². The number of Topliss-reactive ketones (excluding diaryl/α,β-unsaturated/α-hetero) is 1. The van der Waals surface area contributed by atoms with Gasteiger partial charge in [-0.3, -0.25) is 9.59 Å². The summed E-state index contributed by atoms with van der Waals surface area (Å²) in [7, 11) is 3.93. The Morgan fingerprint density at radius 2 is 1.66 bits per heavy atom. The van der Waals surface area contributed by atoms with Crippen molar-refractivity contribution in [3.63, 3.8) is 0 Å². The number of aryl methyl sites for hydroxylation is 2. The Morgan fingerprint density at radius 3 is 2.27 bits per heavy atom. The molecule has 1 aliphatic heterocycles. The first-order valence-electron chi connectivity index (χ1n) is 15.7. The Balaban J connectivity index is 1.30. The van der Waals surface area contributed by atoms with E-state index in [0.29, 0.717) is 31.4 Å². The molecule has 0 radical (unpaired) electrons. The van der Waals surface area contributed by atoms with Crippen LogP contribution >= 0.6 is 0 Å². The Bertz CT molecular complexity index is 1280. The van der Waals surface area contributed by atoms with Crippen LogP contribution in [0.25, 0.3) is 0 Å². The van der Waals surface area contributed by atoms with Crippen LogP contribution in [-0.4, -0.2) is 94.2 Å². The molecule has 2 aromatic carbocycles. The van der Waals surface area contributed by atoms with Gasteiger partial charge in [0, 0.05) is 25.9 Å². The number of carbonyl (C=O) groups is 2. The van der Waals surface area contributed by atoms with Crippen LogP contribution in [0.4, 0.5) is 0 Å². The highest BCUT2D eigenvalue weighted by atomic mass is 16.5. The average Bonchev–Trinajstić information content (AvgIpc) is 3.73. The molecule has 9 heteroatoms. The number of likely N-dealkylation sites (N-methyl/N-ethyl adjacent to an activating group) is 1. The Kier molecular flexibility index (Phi) is 11.0. The summed E-state index contributed by atoms with van der Waals surface area (Å²) in [6.45, 7) is 6.40. The van der Waals surface area contributed by atoms with Gasteiger partial charge in [0.15, 0.2) is 0 Å². The standard InChI is InChI=1S/C35H50N2O7/c1-22-9-14-25(31-29(40)28(39)30(41)32(44-31)34(2,3)43)20-26(22)19-24-12-10-23(11-13-24)7-6-8-27(38)21-35(15-16-35)33(42)36-17-18-37(4)5/h9-14,20,28-32,39-41,43H,6-8,15-19,21H2,1-5H3,(H,36,42)/t28-,29-,30+,31+,32+/m1/s1. The van der Waals surface area contributed by atoms with Gasteiger partial charge in [-0.15, -0.1) is 0 Å². The minimum Gasteiger partial charge on any atom is -0.388 e. The van der Waals surface area contributed by atoms with Gasteiger partial charge in [0.25, 0.3) is 0 Å². The molecule has 0 unspecified atom stereocenters. The quantitative estimate of drug-likeness (QED) is 0.220. The van der Waals surface area contributed by atoms with Crippen LogP contribution in [0.3, 0.4) is 0 Å². The number of aliphatic hydroxyl groups excluding tert-OH is 3. The third-order valence-corrected chi connectivity index (χ3v) is 9.07. The van der Waals surface area contributed by atoms with Gasteiger partial charge in [-0.2, -0.15) is 0 Å². The molecule has 1 saturated heterocycles. The molecule has 9 nitrogen and oxygen atoms in total. The van der Waals surface area contributed by atoms with Crippen molar-refractivity contribution in [1.29, 1.82) is 0 Å². The maximum atomic E-state index is 12.7. The molecule has 1 aliphatic carbocycles. The number of benzene rings is 2. The van der Waals surface area contributed by atoms with E-state index in [1.54, 1.807) is 0 Å². The smallest absolute Gasteiger partial charge is 0.226 e. The summed E-state index contributed by atoms with van der Waals surface area (Å²) in [5.74, 6) is 0.168. The van der Waals surface area contributed by atoms with Gasteiger partial charge in [0.2, 0.25) is 5.91 Å². The number of hydrogen-bond donors (Lipinski definition) is 5. The number of ether oxygens (including phenoxy) is 1. The van der Waals surface area contributed by atoms with E-state index in [1.165, 1.54) is 13.8 Å². The van der Waals surface area contributed by atoms with E-state index < -0.39 is 41.5 Å². The number of hydrogen-bond acceptors (Lipinski definition) is 8. The van der Waals surface area contributed by atoms with E-state index in [4.69, 9.17) is 4.74 Å².